The number of nitrogens with zero attached hydrogens (tertiary/aromatic N) is 2. The zero-order chi connectivity index (χ0) is 19.0. The SMILES string of the molecule is CCOC(=O)c1sc2nc(C=Cc3ccc4c(c3)OCO4)nc(C)c2c1C. The second-order valence-corrected chi connectivity index (χ2v) is 7.07. The number of rotatable bonds is 4. The number of fused-ring (bicyclic) bond motifs is 2. The predicted octanol–water partition coefficient (Wildman–Crippen LogP) is 4.38. The van der Waals surface area contributed by atoms with Crippen molar-refractivity contribution < 1.29 is 19.0 Å². The zero-order valence-corrected chi connectivity index (χ0v) is 16.1. The molecule has 0 amide bonds. The normalized spacial score (nSPS) is 12.9. The Morgan fingerprint density at radius 3 is 2.85 bits per heavy atom. The molecular formula is C20H18N2O4S. The molecule has 6 nitrogen and oxygen atoms in total. The number of aryl methyl sites for hydroxylation is 2. The molecule has 0 atom stereocenters. The van der Waals surface area contributed by atoms with Crippen molar-refractivity contribution in [1.82, 2.24) is 9.97 Å². The zero-order valence-electron chi connectivity index (χ0n) is 15.2. The molecule has 7 heteroatoms. The molecule has 0 spiro atoms. The van der Waals surface area contributed by atoms with E-state index in [0.29, 0.717) is 17.3 Å². The molecule has 0 aliphatic carbocycles. The number of carbonyl (C=O) groups is 1. The van der Waals surface area contributed by atoms with E-state index in [9.17, 15) is 4.79 Å². The number of carbonyl (C=O) groups excluding carboxylic acids is 1. The summed E-state index contributed by atoms with van der Waals surface area (Å²) >= 11 is 1.34. The van der Waals surface area contributed by atoms with Gasteiger partial charge in [-0.05, 0) is 50.1 Å². The van der Waals surface area contributed by atoms with Crippen molar-refractivity contribution in [3.63, 3.8) is 0 Å². The first-order chi connectivity index (χ1) is 13.1. The van der Waals surface area contributed by atoms with Crippen LogP contribution in [0.25, 0.3) is 22.4 Å². The third-order valence-electron chi connectivity index (χ3n) is 4.27. The maximum Gasteiger partial charge on any atom is 0.348 e. The van der Waals surface area contributed by atoms with Gasteiger partial charge < -0.3 is 14.2 Å². The van der Waals surface area contributed by atoms with Crippen molar-refractivity contribution in [1.29, 1.82) is 0 Å². The number of esters is 1. The van der Waals surface area contributed by atoms with E-state index < -0.39 is 0 Å². The Morgan fingerprint density at radius 2 is 2.04 bits per heavy atom. The van der Waals surface area contributed by atoms with Crippen LogP contribution >= 0.6 is 11.3 Å². The largest absolute Gasteiger partial charge is 0.462 e. The van der Waals surface area contributed by atoms with Gasteiger partial charge in [0.05, 0.1) is 12.3 Å². The molecule has 0 N–H and O–H groups in total. The summed E-state index contributed by atoms with van der Waals surface area (Å²) in [4.78, 5) is 22.7. The lowest BCUT2D eigenvalue weighted by molar-refractivity contribution is 0.0531. The maximum atomic E-state index is 12.1. The van der Waals surface area contributed by atoms with Crippen LogP contribution in [0.2, 0.25) is 0 Å². The lowest BCUT2D eigenvalue weighted by Gasteiger charge is -2.01. The van der Waals surface area contributed by atoms with Crippen LogP contribution in [0, 0.1) is 13.8 Å². The highest BCUT2D eigenvalue weighted by Crippen LogP contribution is 2.34. The van der Waals surface area contributed by atoms with Gasteiger partial charge in [-0.25, -0.2) is 14.8 Å². The lowest BCUT2D eigenvalue weighted by Crippen LogP contribution is -2.03. The molecule has 138 valence electrons. The summed E-state index contributed by atoms with van der Waals surface area (Å²) in [7, 11) is 0. The third kappa shape index (κ3) is 3.26. The Kier molecular flexibility index (Phi) is 4.53. The molecule has 0 saturated heterocycles. The van der Waals surface area contributed by atoms with Crippen molar-refractivity contribution in [2.45, 2.75) is 20.8 Å². The van der Waals surface area contributed by atoms with Gasteiger partial charge in [0, 0.05) is 5.39 Å². The average molecular weight is 382 g/mol. The highest BCUT2D eigenvalue weighted by molar-refractivity contribution is 7.20. The predicted molar refractivity (Wildman–Crippen MR) is 104 cm³/mol. The average Bonchev–Trinajstić information content (AvgIpc) is 3.24. The van der Waals surface area contributed by atoms with Crippen LogP contribution in [0.3, 0.4) is 0 Å². The molecule has 3 heterocycles. The summed E-state index contributed by atoms with van der Waals surface area (Å²) in [5.41, 5.74) is 2.68. The monoisotopic (exact) mass is 382 g/mol. The molecule has 0 unspecified atom stereocenters. The Balaban J connectivity index is 1.67. The Bertz CT molecular complexity index is 1070. The Labute approximate surface area is 160 Å². The summed E-state index contributed by atoms with van der Waals surface area (Å²) in [5, 5.41) is 0.920. The van der Waals surface area contributed by atoms with Crippen LogP contribution < -0.4 is 9.47 Å². The van der Waals surface area contributed by atoms with Crippen molar-refractivity contribution in [2.75, 3.05) is 13.4 Å². The topological polar surface area (TPSA) is 70.5 Å². The second kappa shape index (κ2) is 7.00. The van der Waals surface area contributed by atoms with Crippen LogP contribution in [-0.2, 0) is 4.74 Å². The van der Waals surface area contributed by atoms with Crippen LogP contribution in [0.15, 0.2) is 18.2 Å². The minimum absolute atomic E-state index is 0.252. The molecule has 0 fully saturated rings. The van der Waals surface area contributed by atoms with Crippen molar-refractivity contribution in [3.8, 4) is 11.5 Å². The molecule has 0 radical (unpaired) electrons. The third-order valence-corrected chi connectivity index (χ3v) is 5.44. The second-order valence-electron chi connectivity index (χ2n) is 6.07. The number of aromatic nitrogens is 2. The molecular weight excluding hydrogens is 364 g/mol. The molecule has 27 heavy (non-hydrogen) atoms. The molecule has 4 rings (SSSR count). The maximum absolute atomic E-state index is 12.1. The summed E-state index contributed by atoms with van der Waals surface area (Å²) in [6.07, 6.45) is 3.78. The Hall–Kier alpha value is -2.93. The lowest BCUT2D eigenvalue weighted by atomic mass is 10.1. The minimum atomic E-state index is -0.310. The quantitative estimate of drug-likeness (QED) is 0.624. The van der Waals surface area contributed by atoms with E-state index in [1.54, 1.807) is 6.92 Å². The molecule has 1 aliphatic rings. The van der Waals surface area contributed by atoms with E-state index in [1.807, 2.05) is 44.2 Å². The number of hydrogen-bond donors (Lipinski definition) is 0. The van der Waals surface area contributed by atoms with Crippen molar-refractivity contribution >= 4 is 39.7 Å². The summed E-state index contributed by atoms with van der Waals surface area (Å²) in [6.45, 7) is 6.23. The van der Waals surface area contributed by atoms with Gasteiger partial charge in [-0.15, -0.1) is 11.3 Å². The first-order valence-corrected chi connectivity index (χ1v) is 9.41. The van der Waals surface area contributed by atoms with Crippen molar-refractivity contribution in [3.05, 3.63) is 45.7 Å². The van der Waals surface area contributed by atoms with Crippen LogP contribution in [-0.4, -0.2) is 29.3 Å². The first-order valence-electron chi connectivity index (χ1n) is 8.59. The smallest absolute Gasteiger partial charge is 0.348 e. The number of hydrogen-bond acceptors (Lipinski definition) is 7. The molecule has 0 saturated carbocycles. The number of thiophene rings is 1. The summed E-state index contributed by atoms with van der Waals surface area (Å²) < 4.78 is 15.9. The van der Waals surface area contributed by atoms with E-state index in [-0.39, 0.29) is 12.8 Å². The molecule has 1 aliphatic heterocycles. The van der Waals surface area contributed by atoms with Crippen LogP contribution in [0.1, 0.15) is 39.2 Å². The van der Waals surface area contributed by atoms with E-state index in [4.69, 9.17) is 14.2 Å². The molecule has 0 bridgehead atoms. The van der Waals surface area contributed by atoms with Gasteiger partial charge in [-0.3, -0.25) is 0 Å². The van der Waals surface area contributed by atoms with Gasteiger partial charge >= 0.3 is 5.97 Å². The van der Waals surface area contributed by atoms with Crippen molar-refractivity contribution in [2.24, 2.45) is 0 Å². The van der Waals surface area contributed by atoms with E-state index in [1.165, 1.54) is 11.3 Å². The minimum Gasteiger partial charge on any atom is -0.462 e. The number of ether oxygens (including phenoxy) is 3. The van der Waals surface area contributed by atoms with Crippen LogP contribution in [0.5, 0.6) is 11.5 Å². The van der Waals surface area contributed by atoms with Gasteiger partial charge in [0.25, 0.3) is 0 Å². The first kappa shape index (κ1) is 17.5. The van der Waals surface area contributed by atoms with Gasteiger partial charge in [0.15, 0.2) is 17.3 Å². The van der Waals surface area contributed by atoms with Crippen LogP contribution in [0.4, 0.5) is 0 Å². The standard InChI is InChI=1S/C20H18N2O4S/c1-4-24-20(23)18-11(2)17-12(3)21-16(22-19(17)27-18)8-6-13-5-7-14-15(9-13)26-10-25-14/h5-9H,4,10H2,1-3H3. The fourth-order valence-corrected chi connectivity index (χ4v) is 4.15. The van der Waals surface area contributed by atoms with E-state index in [0.717, 1.165) is 38.5 Å². The molecule has 1 aromatic carbocycles. The summed E-state index contributed by atoms with van der Waals surface area (Å²) in [6, 6.07) is 5.74. The van der Waals surface area contributed by atoms with Gasteiger partial charge in [-0.1, -0.05) is 12.1 Å². The van der Waals surface area contributed by atoms with Gasteiger partial charge in [0.1, 0.15) is 9.71 Å². The number of benzene rings is 1. The molecule has 2 aromatic heterocycles. The fourth-order valence-electron chi connectivity index (χ4n) is 3.01. The van der Waals surface area contributed by atoms with E-state index in [2.05, 4.69) is 9.97 Å². The highest BCUT2D eigenvalue weighted by atomic mass is 32.1. The highest BCUT2D eigenvalue weighted by Gasteiger charge is 2.19. The van der Waals surface area contributed by atoms with E-state index >= 15 is 0 Å². The molecule has 3 aromatic rings. The summed E-state index contributed by atoms with van der Waals surface area (Å²) in [5.74, 6) is 1.77. The van der Waals surface area contributed by atoms with Gasteiger partial charge in [-0.2, -0.15) is 0 Å². The Morgan fingerprint density at radius 1 is 1.22 bits per heavy atom. The fraction of sp³-hybridized carbons (Fsp3) is 0.250. The van der Waals surface area contributed by atoms with Gasteiger partial charge in [0.2, 0.25) is 6.79 Å².